The van der Waals surface area contributed by atoms with E-state index in [1.165, 1.54) is 18.7 Å². The van der Waals surface area contributed by atoms with Crippen molar-refractivity contribution in [1.82, 2.24) is 9.97 Å². The van der Waals surface area contributed by atoms with Gasteiger partial charge in [0, 0.05) is 17.6 Å². The summed E-state index contributed by atoms with van der Waals surface area (Å²) in [6.45, 7) is 2.09. The topological polar surface area (TPSA) is 60.2 Å². The second-order valence-electron chi connectivity index (χ2n) is 9.01. The van der Waals surface area contributed by atoms with E-state index in [0.29, 0.717) is 23.4 Å². The van der Waals surface area contributed by atoms with Gasteiger partial charge in [0.05, 0.1) is 12.6 Å². The fourth-order valence-electron chi connectivity index (χ4n) is 5.14. The average molecular weight is 452 g/mol. The van der Waals surface area contributed by atoms with E-state index in [1.54, 1.807) is 24.3 Å². The number of rotatable bonds is 6. The Kier molecular flexibility index (Phi) is 5.87. The minimum Gasteiger partial charge on any atom is -0.494 e. The SMILES string of the molecule is COc1ccc2nc(NC(C)C[C@H]3CC[C@@H](c4ccnc5ccc(F)cc54)CC3)oc2c1F. The average Bonchev–Trinajstić information content (AvgIpc) is 3.23. The molecule has 4 aromatic rings. The summed E-state index contributed by atoms with van der Waals surface area (Å²) in [5.41, 5.74) is 2.62. The fourth-order valence-corrected chi connectivity index (χ4v) is 5.14. The molecule has 5 nitrogen and oxygen atoms in total. The Bertz CT molecular complexity index is 1280. The lowest BCUT2D eigenvalue weighted by molar-refractivity contribution is 0.301. The lowest BCUT2D eigenvalue weighted by Gasteiger charge is -2.31. The van der Waals surface area contributed by atoms with Crippen molar-refractivity contribution < 1.29 is 17.9 Å². The van der Waals surface area contributed by atoms with Crippen molar-refractivity contribution in [1.29, 1.82) is 0 Å². The van der Waals surface area contributed by atoms with Crippen molar-refractivity contribution in [3.63, 3.8) is 0 Å². The molecule has 0 bridgehead atoms. The number of methoxy groups -OCH3 is 1. The van der Waals surface area contributed by atoms with E-state index in [-0.39, 0.29) is 23.2 Å². The highest BCUT2D eigenvalue weighted by Gasteiger charge is 2.25. The van der Waals surface area contributed by atoms with Crippen LogP contribution in [0.25, 0.3) is 22.0 Å². The van der Waals surface area contributed by atoms with E-state index in [1.807, 2.05) is 12.3 Å². The third kappa shape index (κ3) is 4.36. The summed E-state index contributed by atoms with van der Waals surface area (Å²) in [6, 6.07) is 10.6. The summed E-state index contributed by atoms with van der Waals surface area (Å²) < 4.78 is 38.8. The summed E-state index contributed by atoms with van der Waals surface area (Å²) in [5.74, 6) is 0.384. The number of hydrogen-bond donors (Lipinski definition) is 1. The molecule has 1 N–H and O–H groups in total. The highest BCUT2D eigenvalue weighted by molar-refractivity contribution is 5.82. The molecule has 1 aliphatic carbocycles. The molecule has 33 heavy (non-hydrogen) atoms. The van der Waals surface area contributed by atoms with Gasteiger partial charge in [-0.15, -0.1) is 0 Å². The molecule has 172 valence electrons. The van der Waals surface area contributed by atoms with Crippen molar-refractivity contribution in [2.24, 2.45) is 5.92 Å². The Morgan fingerprint density at radius 2 is 1.88 bits per heavy atom. The van der Waals surface area contributed by atoms with Crippen LogP contribution in [0, 0.1) is 17.6 Å². The first-order valence-electron chi connectivity index (χ1n) is 11.5. The largest absolute Gasteiger partial charge is 0.494 e. The maximum absolute atomic E-state index is 14.4. The van der Waals surface area contributed by atoms with Gasteiger partial charge in [-0.25, -0.2) is 4.39 Å². The summed E-state index contributed by atoms with van der Waals surface area (Å²) in [4.78, 5) is 8.74. The first kappa shape index (κ1) is 21.6. The zero-order valence-electron chi connectivity index (χ0n) is 18.8. The van der Waals surface area contributed by atoms with E-state index in [4.69, 9.17) is 9.15 Å². The molecule has 0 spiro atoms. The van der Waals surface area contributed by atoms with Gasteiger partial charge in [-0.1, -0.05) is 0 Å². The number of nitrogens with zero attached hydrogens (tertiary/aromatic N) is 2. The molecule has 0 aliphatic heterocycles. The molecule has 0 amide bonds. The quantitative estimate of drug-likeness (QED) is 0.348. The molecule has 2 aromatic heterocycles. The number of ether oxygens (including phenoxy) is 1. The maximum Gasteiger partial charge on any atom is 0.296 e. The van der Waals surface area contributed by atoms with Crippen LogP contribution >= 0.6 is 0 Å². The molecule has 2 aromatic carbocycles. The van der Waals surface area contributed by atoms with Crippen molar-refractivity contribution in [3.8, 4) is 5.75 Å². The van der Waals surface area contributed by atoms with Crippen molar-refractivity contribution in [2.75, 3.05) is 12.4 Å². The molecule has 1 aliphatic rings. The number of nitrogens with one attached hydrogen (secondary N) is 1. The molecule has 7 heteroatoms. The van der Waals surface area contributed by atoms with Gasteiger partial charge >= 0.3 is 0 Å². The van der Waals surface area contributed by atoms with Crippen molar-refractivity contribution in [2.45, 2.75) is 51.0 Å². The molecule has 1 atom stereocenters. The summed E-state index contributed by atoms with van der Waals surface area (Å²) in [5, 5.41) is 4.21. The van der Waals surface area contributed by atoms with Crippen LogP contribution in [0.1, 0.15) is 50.5 Å². The third-order valence-electron chi connectivity index (χ3n) is 6.76. The van der Waals surface area contributed by atoms with Gasteiger partial charge in [0.25, 0.3) is 6.01 Å². The second kappa shape index (κ2) is 8.96. The number of anilines is 1. The van der Waals surface area contributed by atoms with E-state index in [2.05, 4.69) is 22.2 Å². The van der Waals surface area contributed by atoms with Gasteiger partial charge in [-0.05, 0) is 92.8 Å². The highest BCUT2D eigenvalue weighted by Crippen LogP contribution is 2.40. The lowest BCUT2D eigenvalue weighted by atomic mass is 9.76. The number of aromatic nitrogens is 2. The minimum atomic E-state index is -0.537. The number of benzene rings is 2. The van der Waals surface area contributed by atoms with Crippen LogP contribution in [0.2, 0.25) is 0 Å². The molecule has 0 radical (unpaired) electrons. The van der Waals surface area contributed by atoms with Gasteiger partial charge in [-0.3, -0.25) is 4.98 Å². The molecule has 2 heterocycles. The minimum absolute atomic E-state index is 0.102. The lowest BCUT2D eigenvalue weighted by Crippen LogP contribution is -2.23. The molecule has 5 rings (SSSR count). The Morgan fingerprint density at radius 3 is 2.67 bits per heavy atom. The molecule has 0 saturated heterocycles. The predicted molar refractivity (Wildman–Crippen MR) is 125 cm³/mol. The number of hydrogen-bond acceptors (Lipinski definition) is 5. The molecular formula is C26H27F2N3O2. The van der Waals surface area contributed by atoms with Gasteiger partial charge in [0.1, 0.15) is 11.3 Å². The standard InChI is InChI=1S/C26H27F2N3O2/c1-15(30-26-31-22-9-10-23(32-2)24(28)25(22)33-26)13-16-3-5-17(6-4-16)19-11-12-29-21-8-7-18(27)14-20(19)21/h7-12,14-17H,3-6,13H2,1-2H3,(H,30,31)/t15?,16-,17+. The number of pyridine rings is 1. The first-order chi connectivity index (χ1) is 16.0. The van der Waals surface area contributed by atoms with Gasteiger partial charge in [0.2, 0.25) is 5.82 Å². The van der Waals surface area contributed by atoms with E-state index >= 15 is 0 Å². The van der Waals surface area contributed by atoms with Crippen LogP contribution in [0.4, 0.5) is 14.8 Å². The third-order valence-corrected chi connectivity index (χ3v) is 6.76. The predicted octanol–water partition coefficient (Wildman–Crippen LogP) is 6.83. The van der Waals surface area contributed by atoms with Gasteiger partial charge in [-0.2, -0.15) is 9.37 Å². The fraction of sp³-hybridized carbons (Fsp3) is 0.385. The normalized spacial score (nSPS) is 19.6. The summed E-state index contributed by atoms with van der Waals surface area (Å²) in [6.07, 6.45) is 7.15. The summed E-state index contributed by atoms with van der Waals surface area (Å²) in [7, 11) is 1.42. The monoisotopic (exact) mass is 451 g/mol. The van der Waals surface area contributed by atoms with Crippen LogP contribution in [-0.2, 0) is 0 Å². The van der Waals surface area contributed by atoms with Crippen LogP contribution < -0.4 is 10.1 Å². The van der Waals surface area contributed by atoms with Gasteiger partial charge in [0.15, 0.2) is 11.3 Å². The maximum atomic E-state index is 14.4. The van der Waals surface area contributed by atoms with Crippen LogP contribution in [0.15, 0.2) is 47.0 Å². The van der Waals surface area contributed by atoms with E-state index in [9.17, 15) is 8.78 Å². The first-order valence-corrected chi connectivity index (χ1v) is 11.5. The zero-order valence-corrected chi connectivity index (χ0v) is 18.8. The Balaban J connectivity index is 1.21. The van der Waals surface area contributed by atoms with Crippen LogP contribution in [0.5, 0.6) is 5.75 Å². The molecule has 1 fully saturated rings. The van der Waals surface area contributed by atoms with E-state index in [0.717, 1.165) is 43.0 Å². The molecular weight excluding hydrogens is 424 g/mol. The second-order valence-corrected chi connectivity index (χ2v) is 9.01. The Labute approximate surface area is 191 Å². The molecule has 1 unspecified atom stereocenters. The van der Waals surface area contributed by atoms with Crippen LogP contribution in [-0.4, -0.2) is 23.1 Å². The number of fused-ring (bicyclic) bond motifs is 2. The smallest absolute Gasteiger partial charge is 0.296 e. The van der Waals surface area contributed by atoms with Crippen LogP contribution in [0.3, 0.4) is 0 Å². The number of oxazole rings is 1. The van der Waals surface area contributed by atoms with Crippen molar-refractivity contribution >= 4 is 28.0 Å². The van der Waals surface area contributed by atoms with E-state index < -0.39 is 5.82 Å². The van der Waals surface area contributed by atoms with Gasteiger partial charge < -0.3 is 14.5 Å². The zero-order chi connectivity index (χ0) is 22.9. The Morgan fingerprint density at radius 1 is 1.09 bits per heavy atom. The van der Waals surface area contributed by atoms with Crippen molar-refractivity contribution in [3.05, 3.63) is 59.8 Å². The highest BCUT2D eigenvalue weighted by atomic mass is 19.1. The molecule has 1 saturated carbocycles. The Hall–Kier alpha value is -3.22. The summed E-state index contributed by atoms with van der Waals surface area (Å²) >= 11 is 0. The number of halogens is 2.